The molecule has 1 aromatic heterocycles. The summed E-state index contributed by atoms with van der Waals surface area (Å²) in [6.07, 6.45) is 1.08. The summed E-state index contributed by atoms with van der Waals surface area (Å²) in [7, 11) is 4.25. The summed E-state index contributed by atoms with van der Waals surface area (Å²) in [4.78, 5) is 9.44. The Balaban J connectivity index is 2.85. The van der Waals surface area contributed by atoms with Gasteiger partial charge < -0.3 is 4.90 Å². The maximum Gasteiger partial charge on any atom is 0.110 e. The van der Waals surface area contributed by atoms with Crippen molar-refractivity contribution in [2.24, 2.45) is 0 Å². The van der Waals surface area contributed by atoms with E-state index in [0.29, 0.717) is 18.0 Å². The van der Waals surface area contributed by atoms with Crippen LogP contribution in [0.25, 0.3) is 0 Å². The molecule has 0 aromatic carbocycles. The number of aromatic nitrogens is 1. The number of hydrogen-bond acceptors (Lipinski definition) is 4. The normalized spacial score (nSPS) is 15.2. The van der Waals surface area contributed by atoms with Crippen LogP contribution in [-0.2, 0) is 5.88 Å². The van der Waals surface area contributed by atoms with Gasteiger partial charge in [0.2, 0.25) is 0 Å². The van der Waals surface area contributed by atoms with Crippen molar-refractivity contribution in [1.29, 1.82) is 0 Å². The predicted octanol–water partition coefficient (Wildman–Crippen LogP) is 3.61. The fourth-order valence-electron chi connectivity index (χ4n) is 2.56. The van der Waals surface area contributed by atoms with Gasteiger partial charge in [0.1, 0.15) is 5.01 Å². The van der Waals surface area contributed by atoms with Gasteiger partial charge in [0.15, 0.2) is 0 Å². The van der Waals surface area contributed by atoms with Crippen molar-refractivity contribution < 1.29 is 0 Å². The highest BCUT2D eigenvalue weighted by molar-refractivity contribution is 7.09. The minimum atomic E-state index is 0.405. The molecule has 3 nitrogen and oxygen atoms in total. The van der Waals surface area contributed by atoms with Crippen LogP contribution >= 0.6 is 22.9 Å². The molecule has 0 aliphatic rings. The molecule has 5 heteroatoms. The van der Waals surface area contributed by atoms with Gasteiger partial charge in [-0.05, 0) is 34.0 Å². The SMILES string of the molecule is CCC(c1nc(CCl)cs1)N(CC)C(C)CN(C)C. The molecule has 0 saturated carbocycles. The van der Waals surface area contributed by atoms with E-state index in [9.17, 15) is 0 Å². The van der Waals surface area contributed by atoms with E-state index in [4.69, 9.17) is 11.6 Å². The molecule has 0 saturated heterocycles. The zero-order chi connectivity index (χ0) is 14.4. The van der Waals surface area contributed by atoms with Crippen LogP contribution < -0.4 is 0 Å². The van der Waals surface area contributed by atoms with Gasteiger partial charge in [-0.3, -0.25) is 4.90 Å². The van der Waals surface area contributed by atoms with Crippen molar-refractivity contribution in [2.45, 2.75) is 45.2 Å². The summed E-state index contributed by atoms with van der Waals surface area (Å²) in [6.45, 7) is 8.87. The quantitative estimate of drug-likeness (QED) is 0.684. The molecule has 0 fully saturated rings. The lowest BCUT2D eigenvalue weighted by Crippen LogP contribution is -2.42. The molecule has 0 N–H and O–H groups in total. The molecule has 2 unspecified atom stereocenters. The molecule has 110 valence electrons. The largest absolute Gasteiger partial charge is 0.308 e. The lowest BCUT2D eigenvalue weighted by Gasteiger charge is -2.35. The van der Waals surface area contributed by atoms with Gasteiger partial charge >= 0.3 is 0 Å². The van der Waals surface area contributed by atoms with Gasteiger partial charge in [0, 0.05) is 18.0 Å². The number of nitrogens with zero attached hydrogens (tertiary/aromatic N) is 3. The lowest BCUT2D eigenvalue weighted by atomic mass is 10.1. The minimum Gasteiger partial charge on any atom is -0.308 e. The summed E-state index contributed by atoms with van der Waals surface area (Å²) in [5.74, 6) is 0.506. The Morgan fingerprint density at radius 3 is 2.47 bits per heavy atom. The Morgan fingerprint density at radius 2 is 2.05 bits per heavy atom. The minimum absolute atomic E-state index is 0.405. The van der Waals surface area contributed by atoms with Crippen LogP contribution in [0.2, 0.25) is 0 Å². The zero-order valence-electron chi connectivity index (χ0n) is 12.7. The first kappa shape index (κ1) is 16.9. The highest BCUT2D eigenvalue weighted by Crippen LogP contribution is 2.29. The number of hydrogen-bond donors (Lipinski definition) is 0. The molecule has 0 radical (unpaired) electrons. The number of halogens is 1. The van der Waals surface area contributed by atoms with Crippen molar-refractivity contribution in [3.63, 3.8) is 0 Å². The third kappa shape index (κ3) is 4.71. The first-order valence-electron chi connectivity index (χ1n) is 6.94. The van der Waals surface area contributed by atoms with Gasteiger partial charge in [-0.1, -0.05) is 13.8 Å². The number of thiazole rings is 1. The molecule has 0 spiro atoms. The smallest absolute Gasteiger partial charge is 0.110 e. The summed E-state index contributed by atoms with van der Waals surface area (Å²) in [6, 6.07) is 0.926. The number of alkyl halides is 1. The Kier molecular flexibility index (Phi) is 7.29. The van der Waals surface area contributed by atoms with Crippen LogP contribution in [0.1, 0.15) is 43.9 Å². The van der Waals surface area contributed by atoms with Crippen molar-refractivity contribution in [2.75, 3.05) is 27.2 Å². The Hall–Kier alpha value is -0.160. The molecule has 1 rings (SSSR count). The number of rotatable bonds is 8. The third-order valence-electron chi connectivity index (χ3n) is 3.34. The first-order chi connectivity index (χ1) is 9.03. The molecule has 1 heterocycles. The van der Waals surface area contributed by atoms with Crippen molar-refractivity contribution >= 4 is 22.9 Å². The fraction of sp³-hybridized carbons (Fsp3) is 0.786. The van der Waals surface area contributed by atoms with Crippen molar-refractivity contribution in [1.82, 2.24) is 14.8 Å². The second-order valence-electron chi connectivity index (χ2n) is 5.18. The molecular formula is C14H26ClN3S. The topological polar surface area (TPSA) is 19.4 Å². The average molecular weight is 304 g/mol. The molecule has 19 heavy (non-hydrogen) atoms. The van der Waals surface area contributed by atoms with E-state index in [-0.39, 0.29) is 0 Å². The van der Waals surface area contributed by atoms with Crippen molar-refractivity contribution in [3.8, 4) is 0 Å². The Bertz CT molecular complexity index is 367. The number of likely N-dealkylation sites (N-methyl/N-ethyl adjacent to an activating group) is 2. The van der Waals surface area contributed by atoms with Crippen LogP contribution in [0.5, 0.6) is 0 Å². The van der Waals surface area contributed by atoms with Gasteiger partial charge in [-0.15, -0.1) is 22.9 Å². The van der Waals surface area contributed by atoms with Gasteiger partial charge in [-0.2, -0.15) is 0 Å². The maximum absolute atomic E-state index is 5.86. The molecule has 0 bridgehead atoms. The van der Waals surface area contributed by atoms with Crippen LogP contribution in [0.15, 0.2) is 5.38 Å². The lowest BCUT2D eigenvalue weighted by molar-refractivity contribution is 0.124. The van der Waals surface area contributed by atoms with E-state index < -0.39 is 0 Å². The van der Waals surface area contributed by atoms with E-state index in [2.05, 4.69) is 55.0 Å². The van der Waals surface area contributed by atoms with Crippen LogP contribution in [0.4, 0.5) is 0 Å². The molecular weight excluding hydrogens is 278 g/mol. The maximum atomic E-state index is 5.86. The zero-order valence-corrected chi connectivity index (χ0v) is 14.3. The van der Waals surface area contributed by atoms with E-state index in [1.165, 1.54) is 5.01 Å². The van der Waals surface area contributed by atoms with Crippen molar-refractivity contribution in [3.05, 3.63) is 16.1 Å². The van der Waals surface area contributed by atoms with Gasteiger partial charge in [0.05, 0.1) is 17.6 Å². The van der Waals surface area contributed by atoms with Crippen LogP contribution in [0, 0.1) is 0 Å². The van der Waals surface area contributed by atoms with Gasteiger partial charge in [0.25, 0.3) is 0 Å². The molecule has 0 aliphatic heterocycles. The monoisotopic (exact) mass is 303 g/mol. The third-order valence-corrected chi connectivity index (χ3v) is 4.61. The predicted molar refractivity (Wildman–Crippen MR) is 85.1 cm³/mol. The summed E-state index contributed by atoms with van der Waals surface area (Å²) >= 11 is 7.59. The highest BCUT2D eigenvalue weighted by Gasteiger charge is 2.25. The highest BCUT2D eigenvalue weighted by atomic mass is 35.5. The summed E-state index contributed by atoms with van der Waals surface area (Å²) in [5.41, 5.74) is 0.997. The second-order valence-corrected chi connectivity index (χ2v) is 6.33. The van der Waals surface area contributed by atoms with Gasteiger partial charge in [-0.25, -0.2) is 4.98 Å². The second kappa shape index (κ2) is 8.20. The molecule has 2 atom stereocenters. The summed E-state index contributed by atoms with van der Waals surface area (Å²) in [5, 5.41) is 3.28. The van der Waals surface area contributed by atoms with E-state index in [1.54, 1.807) is 11.3 Å². The average Bonchev–Trinajstić information content (AvgIpc) is 2.83. The van der Waals surface area contributed by atoms with E-state index in [1.807, 2.05) is 0 Å². The van der Waals surface area contributed by atoms with E-state index in [0.717, 1.165) is 25.2 Å². The van der Waals surface area contributed by atoms with E-state index >= 15 is 0 Å². The fourth-order valence-corrected chi connectivity index (χ4v) is 3.81. The van der Waals surface area contributed by atoms with Crippen LogP contribution in [-0.4, -0.2) is 48.0 Å². The Morgan fingerprint density at radius 1 is 1.37 bits per heavy atom. The Labute approximate surface area is 126 Å². The molecule has 0 amide bonds. The summed E-state index contributed by atoms with van der Waals surface area (Å²) < 4.78 is 0. The molecule has 0 aliphatic carbocycles. The first-order valence-corrected chi connectivity index (χ1v) is 8.35. The van der Waals surface area contributed by atoms with Crippen LogP contribution in [0.3, 0.4) is 0 Å². The standard InChI is InChI=1S/C14H26ClN3S/c1-6-13(14-16-12(8-15)10-19-14)18(7-2)11(3)9-17(4)5/h10-11,13H,6-9H2,1-5H3. The molecule has 1 aromatic rings.